The summed E-state index contributed by atoms with van der Waals surface area (Å²) in [7, 11) is 0. The molecule has 0 bridgehead atoms. The van der Waals surface area contributed by atoms with Crippen molar-refractivity contribution in [3.8, 4) is 5.75 Å². The molecule has 1 fully saturated rings. The molecular formula is C17H15NO2. The van der Waals surface area contributed by atoms with Gasteiger partial charge < -0.3 is 14.7 Å². The van der Waals surface area contributed by atoms with Crippen molar-refractivity contribution in [3.63, 3.8) is 0 Å². The molecule has 0 amide bonds. The topological polar surface area (TPSA) is 32.7 Å². The molecule has 0 radical (unpaired) electrons. The van der Waals surface area contributed by atoms with Crippen molar-refractivity contribution in [3.05, 3.63) is 65.2 Å². The van der Waals surface area contributed by atoms with E-state index >= 15 is 0 Å². The van der Waals surface area contributed by atoms with Crippen LogP contribution >= 0.6 is 0 Å². The van der Waals surface area contributed by atoms with Gasteiger partial charge in [0.1, 0.15) is 12.5 Å². The average Bonchev–Trinajstić information content (AvgIpc) is 2.96. The molecule has 3 nitrogen and oxygen atoms in total. The van der Waals surface area contributed by atoms with Crippen LogP contribution in [0.5, 0.6) is 5.75 Å². The van der Waals surface area contributed by atoms with Crippen LogP contribution in [0.4, 0.5) is 0 Å². The van der Waals surface area contributed by atoms with Gasteiger partial charge in [0.15, 0.2) is 0 Å². The van der Waals surface area contributed by atoms with Gasteiger partial charge in [0.2, 0.25) is 0 Å². The first-order valence-corrected chi connectivity index (χ1v) is 6.78. The minimum absolute atomic E-state index is 0.103. The molecular weight excluding hydrogens is 250 g/mol. The van der Waals surface area contributed by atoms with E-state index in [0.717, 1.165) is 16.8 Å². The van der Waals surface area contributed by atoms with Crippen molar-refractivity contribution in [2.45, 2.75) is 6.04 Å². The number of fused-ring (bicyclic) bond motifs is 3. The van der Waals surface area contributed by atoms with Gasteiger partial charge in [0.05, 0.1) is 12.6 Å². The van der Waals surface area contributed by atoms with E-state index in [1.807, 2.05) is 30.3 Å². The molecule has 0 saturated carbocycles. The Labute approximate surface area is 117 Å². The molecule has 0 unspecified atom stereocenters. The summed E-state index contributed by atoms with van der Waals surface area (Å²) in [5.74, 6) is 0.353. The molecule has 0 aliphatic carbocycles. The fourth-order valence-electron chi connectivity index (χ4n) is 3.07. The Kier molecular flexibility index (Phi) is 2.54. The van der Waals surface area contributed by atoms with Gasteiger partial charge in [-0.1, -0.05) is 42.5 Å². The molecule has 1 saturated heterocycles. The van der Waals surface area contributed by atoms with Crippen LogP contribution in [0.15, 0.2) is 48.5 Å². The van der Waals surface area contributed by atoms with Gasteiger partial charge in [-0.3, -0.25) is 0 Å². The Morgan fingerprint density at radius 3 is 2.75 bits per heavy atom. The number of hydrogen-bond donors (Lipinski definition) is 1. The highest BCUT2D eigenvalue weighted by atomic mass is 16.5. The highest BCUT2D eigenvalue weighted by molar-refractivity contribution is 5.84. The molecule has 2 heterocycles. The standard InChI is InChI=1S/C17H15NO2/c19-16-8-4-7-13-9-14(12-5-2-1-3-6-12)18-11-20-10-15(18)17(13)16/h1-9,15,19H,10-11H2/t15-/m0/s1. The molecule has 2 aliphatic heterocycles. The number of benzene rings is 2. The Bertz CT molecular complexity index is 679. The number of phenolic OH excluding ortho intramolecular Hbond substituents is 1. The van der Waals surface area contributed by atoms with Crippen molar-refractivity contribution in [1.82, 2.24) is 4.90 Å². The second-order valence-corrected chi connectivity index (χ2v) is 5.16. The van der Waals surface area contributed by atoms with Crippen molar-refractivity contribution >= 4 is 11.8 Å². The minimum atomic E-state index is 0.103. The fraction of sp³-hybridized carbons (Fsp3) is 0.176. The zero-order valence-electron chi connectivity index (χ0n) is 11.0. The summed E-state index contributed by atoms with van der Waals surface area (Å²) >= 11 is 0. The minimum Gasteiger partial charge on any atom is -0.508 e. The predicted molar refractivity (Wildman–Crippen MR) is 77.8 cm³/mol. The van der Waals surface area contributed by atoms with Gasteiger partial charge >= 0.3 is 0 Å². The number of aromatic hydroxyl groups is 1. The molecule has 1 N–H and O–H groups in total. The van der Waals surface area contributed by atoms with E-state index in [1.165, 1.54) is 5.56 Å². The molecule has 0 spiro atoms. The molecule has 0 aromatic heterocycles. The lowest BCUT2D eigenvalue weighted by Crippen LogP contribution is -2.26. The highest BCUT2D eigenvalue weighted by Gasteiger charge is 2.35. The summed E-state index contributed by atoms with van der Waals surface area (Å²) in [6, 6.07) is 16.1. The molecule has 4 rings (SSSR count). The fourth-order valence-corrected chi connectivity index (χ4v) is 3.07. The third kappa shape index (κ3) is 1.63. The SMILES string of the molecule is Oc1cccc2c1[C@@H]1COCN1C(c1ccccc1)=C2. The zero-order valence-corrected chi connectivity index (χ0v) is 11.0. The molecule has 1 atom stereocenters. The summed E-state index contributed by atoms with van der Waals surface area (Å²) < 4.78 is 5.63. The van der Waals surface area contributed by atoms with Gasteiger partial charge in [-0.15, -0.1) is 0 Å². The summed E-state index contributed by atoms with van der Waals surface area (Å²) in [5, 5.41) is 10.1. The average molecular weight is 265 g/mol. The normalized spacial score (nSPS) is 20.3. The lowest BCUT2D eigenvalue weighted by molar-refractivity contribution is 0.166. The molecule has 3 heteroatoms. The van der Waals surface area contributed by atoms with E-state index in [9.17, 15) is 5.11 Å². The van der Waals surface area contributed by atoms with Crippen LogP contribution in [0.2, 0.25) is 0 Å². The maximum absolute atomic E-state index is 10.1. The van der Waals surface area contributed by atoms with E-state index in [4.69, 9.17) is 4.74 Å². The number of ether oxygens (including phenoxy) is 1. The van der Waals surface area contributed by atoms with Crippen molar-refractivity contribution < 1.29 is 9.84 Å². The first-order valence-electron chi connectivity index (χ1n) is 6.78. The van der Waals surface area contributed by atoms with E-state index in [1.54, 1.807) is 6.07 Å². The quantitative estimate of drug-likeness (QED) is 0.859. The number of hydrogen-bond acceptors (Lipinski definition) is 3. The second kappa shape index (κ2) is 4.39. The van der Waals surface area contributed by atoms with Gasteiger partial charge in [-0.05, 0) is 23.3 Å². The summed E-state index contributed by atoms with van der Waals surface area (Å²) in [6.45, 7) is 1.19. The van der Waals surface area contributed by atoms with Crippen LogP contribution in [0.3, 0.4) is 0 Å². The third-order valence-electron chi connectivity index (χ3n) is 4.00. The maximum Gasteiger partial charge on any atom is 0.121 e. The van der Waals surface area contributed by atoms with Crippen LogP contribution in [0.1, 0.15) is 22.7 Å². The Morgan fingerprint density at radius 1 is 1.05 bits per heavy atom. The molecule has 2 aromatic carbocycles. The van der Waals surface area contributed by atoms with Gasteiger partial charge in [0, 0.05) is 11.3 Å². The summed E-state index contributed by atoms with van der Waals surface area (Å²) in [4.78, 5) is 2.22. The Balaban J connectivity index is 1.92. The van der Waals surface area contributed by atoms with Crippen molar-refractivity contribution in [1.29, 1.82) is 0 Å². The first kappa shape index (κ1) is 11.6. The molecule has 2 aliphatic rings. The molecule has 20 heavy (non-hydrogen) atoms. The van der Waals surface area contributed by atoms with E-state index in [-0.39, 0.29) is 6.04 Å². The largest absolute Gasteiger partial charge is 0.508 e. The highest BCUT2D eigenvalue weighted by Crippen LogP contribution is 2.44. The van der Waals surface area contributed by atoms with Crippen molar-refractivity contribution in [2.24, 2.45) is 0 Å². The Hall–Kier alpha value is -2.26. The third-order valence-corrected chi connectivity index (χ3v) is 4.00. The van der Waals surface area contributed by atoms with Crippen LogP contribution in [0.25, 0.3) is 11.8 Å². The van der Waals surface area contributed by atoms with Crippen molar-refractivity contribution in [2.75, 3.05) is 13.3 Å². The monoisotopic (exact) mass is 265 g/mol. The summed E-state index contributed by atoms with van der Waals surface area (Å²) in [6.07, 6.45) is 2.13. The lowest BCUT2D eigenvalue weighted by atomic mass is 9.92. The molecule has 100 valence electrons. The van der Waals surface area contributed by atoms with E-state index < -0.39 is 0 Å². The number of nitrogens with zero attached hydrogens (tertiary/aromatic N) is 1. The van der Waals surface area contributed by atoms with Crippen LogP contribution in [-0.2, 0) is 4.74 Å². The van der Waals surface area contributed by atoms with Crippen LogP contribution < -0.4 is 0 Å². The number of phenols is 1. The smallest absolute Gasteiger partial charge is 0.121 e. The van der Waals surface area contributed by atoms with Gasteiger partial charge in [-0.2, -0.15) is 0 Å². The molecule has 2 aromatic rings. The van der Waals surface area contributed by atoms with E-state index in [2.05, 4.69) is 23.1 Å². The van der Waals surface area contributed by atoms with Crippen LogP contribution in [0, 0.1) is 0 Å². The summed E-state index contributed by atoms with van der Waals surface area (Å²) in [5.41, 5.74) is 4.39. The van der Waals surface area contributed by atoms with Gasteiger partial charge in [0.25, 0.3) is 0 Å². The maximum atomic E-state index is 10.1. The predicted octanol–water partition coefficient (Wildman–Crippen LogP) is 3.23. The Morgan fingerprint density at radius 2 is 1.90 bits per heavy atom. The second-order valence-electron chi connectivity index (χ2n) is 5.16. The zero-order chi connectivity index (χ0) is 13.5. The van der Waals surface area contributed by atoms with Gasteiger partial charge in [-0.25, -0.2) is 0 Å². The first-order chi connectivity index (χ1) is 9.84. The van der Waals surface area contributed by atoms with Crippen LogP contribution in [-0.4, -0.2) is 23.3 Å². The van der Waals surface area contributed by atoms with E-state index in [0.29, 0.717) is 19.1 Å². The lowest BCUT2D eigenvalue weighted by Gasteiger charge is -2.33. The number of rotatable bonds is 1.